The fraction of sp³-hybridized carbons (Fsp3) is 0.636. The summed E-state index contributed by atoms with van der Waals surface area (Å²) in [6, 6.07) is 3.94. The lowest BCUT2D eigenvalue weighted by Gasteiger charge is -2.27. The summed E-state index contributed by atoms with van der Waals surface area (Å²) in [5, 5.41) is 9.91. The highest BCUT2D eigenvalue weighted by molar-refractivity contribution is 7.16. The fourth-order valence-corrected chi connectivity index (χ4v) is 2.62. The number of nitrogens with zero attached hydrogens (tertiary/aromatic N) is 1. The average molecular weight is 248 g/mol. The number of aliphatic hydroxyl groups is 1. The van der Waals surface area contributed by atoms with Crippen LogP contribution in [0.5, 0.6) is 0 Å². The van der Waals surface area contributed by atoms with Crippen molar-refractivity contribution in [2.75, 3.05) is 13.6 Å². The summed E-state index contributed by atoms with van der Waals surface area (Å²) < 4.78 is 0.820. The molecule has 0 spiro atoms. The third-order valence-electron chi connectivity index (χ3n) is 2.43. The molecule has 1 rings (SSSR count). The van der Waals surface area contributed by atoms with Crippen LogP contribution < -0.4 is 0 Å². The topological polar surface area (TPSA) is 23.5 Å². The lowest BCUT2D eigenvalue weighted by atomic mass is 10.0. The minimum Gasteiger partial charge on any atom is -0.389 e. The molecule has 0 aliphatic heterocycles. The molecule has 15 heavy (non-hydrogen) atoms. The summed E-state index contributed by atoms with van der Waals surface area (Å²) in [4.78, 5) is 3.35. The molecule has 0 fully saturated rings. The Kier molecular flexibility index (Phi) is 4.59. The Hall–Kier alpha value is -0.0900. The Morgan fingerprint density at radius 2 is 2.20 bits per heavy atom. The van der Waals surface area contributed by atoms with E-state index >= 15 is 0 Å². The molecule has 1 heterocycles. The first-order valence-electron chi connectivity index (χ1n) is 5.08. The zero-order chi connectivity index (χ0) is 11.5. The van der Waals surface area contributed by atoms with Crippen molar-refractivity contribution in [3.8, 4) is 0 Å². The van der Waals surface area contributed by atoms with Gasteiger partial charge in [-0.15, -0.1) is 11.3 Å². The first-order chi connectivity index (χ1) is 6.93. The quantitative estimate of drug-likeness (QED) is 0.865. The van der Waals surface area contributed by atoms with E-state index in [9.17, 15) is 5.11 Å². The van der Waals surface area contributed by atoms with Crippen molar-refractivity contribution in [1.82, 2.24) is 4.90 Å². The number of halogens is 1. The zero-order valence-electron chi connectivity index (χ0n) is 9.46. The Bertz CT molecular complexity index is 311. The fourth-order valence-electron chi connectivity index (χ4n) is 1.45. The largest absolute Gasteiger partial charge is 0.389 e. The lowest BCUT2D eigenvalue weighted by molar-refractivity contribution is 0.0220. The number of thiophene rings is 1. The maximum Gasteiger partial charge on any atom is 0.0931 e. The first-order valence-corrected chi connectivity index (χ1v) is 6.27. The SMILES string of the molecule is CCC(C)(O)CN(C)Cc1ccc(Cl)s1. The van der Waals surface area contributed by atoms with Crippen molar-refractivity contribution < 1.29 is 5.11 Å². The van der Waals surface area contributed by atoms with Gasteiger partial charge >= 0.3 is 0 Å². The van der Waals surface area contributed by atoms with Gasteiger partial charge in [-0.2, -0.15) is 0 Å². The van der Waals surface area contributed by atoms with Crippen LogP contribution in [0, 0.1) is 0 Å². The standard InChI is InChI=1S/C11H18ClNOS/c1-4-11(2,14)8-13(3)7-9-5-6-10(12)15-9/h5-6,14H,4,7-8H2,1-3H3. The Balaban J connectivity index is 2.46. The molecule has 1 aromatic rings. The molecular weight excluding hydrogens is 230 g/mol. The number of likely N-dealkylation sites (N-methyl/N-ethyl adjacent to an activating group) is 1. The monoisotopic (exact) mass is 247 g/mol. The van der Waals surface area contributed by atoms with Gasteiger partial charge in [-0.1, -0.05) is 18.5 Å². The molecule has 0 radical (unpaired) electrons. The summed E-state index contributed by atoms with van der Waals surface area (Å²) in [5.74, 6) is 0. The van der Waals surface area contributed by atoms with Gasteiger partial charge in [0, 0.05) is 18.0 Å². The van der Waals surface area contributed by atoms with Crippen molar-refractivity contribution in [3.63, 3.8) is 0 Å². The number of hydrogen-bond acceptors (Lipinski definition) is 3. The summed E-state index contributed by atoms with van der Waals surface area (Å²) in [6.07, 6.45) is 0.766. The van der Waals surface area contributed by atoms with Crippen LogP contribution in [0.2, 0.25) is 4.34 Å². The van der Waals surface area contributed by atoms with Gasteiger partial charge in [0.15, 0.2) is 0 Å². The van der Waals surface area contributed by atoms with Gasteiger partial charge in [0.2, 0.25) is 0 Å². The Morgan fingerprint density at radius 1 is 1.53 bits per heavy atom. The Labute approximate surface area is 100 Å². The molecule has 0 saturated carbocycles. The highest BCUT2D eigenvalue weighted by atomic mass is 35.5. The summed E-state index contributed by atoms with van der Waals surface area (Å²) in [7, 11) is 2.01. The third-order valence-corrected chi connectivity index (χ3v) is 3.64. The van der Waals surface area contributed by atoms with E-state index in [0.29, 0.717) is 6.54 Å². The van der Waals surface area contributed by atoms with Gasteiger partial charge in [0.05, 0.1) is 9.94 Å². The maximum atomic E-state index is 9.91. The minimum atomic E-state index is -0.601. The van der Waals surface area contributed by atoms with Crippen LogP contribution in [-0.4, -0.2) is 29.2 Å². The molecule has 86 valence electrons. The average Bonchev–Trinajstić information content (AvgIpc) is 2.50. The van der Waals surface area contributed by atoms with Crippen LogP contribution in [0.4, 0.5) is 0 Å². The second kappa shape index (κ2) is 5.30. The van der Waals surface area contributed by atoms with E-state index in [4.69, 9.17) is 11.6 Å². The normalized spacial score (nSPS) is 15.6. The molecule has 1 aromatic heterocycles. The molecule has 0 bridgehead atoms. The highest BCUT2D eigenvalue weighted by Crippen LogP contribution is 2.23. The lowest BCUT2D eigenvalue weighted by Crippen LogP contribution is -2.37. The molecule has 2 nitrogen and oxygen atoms in total. The van der Waals surface area contributed by atoms with Crippen LogP contribution in [-0.2, 0) is 6.54 Å². The molecule has 0 aromatic carbocycles. The van der Waals surface area contributed by atoms with Gasteiger partial charge in [0.25, 0.3) is 0 Å². The van der Waals surface area contributed by atoms with Gasteiger partial charge in [-0.25, -0.2) is 0 Å². The van der Waals surface area contributed by atoms with E-state index in [1.165, 1.54) is 4.88 Å². The summed E-state index contributed by atoms with van der Waals surface area (Å²) in [5.41, 5.74) is -0.601. The van der Waals surface area contributed by atoms with Crippen molar-refractivity contribution in [2.24, 2.45) is 0 Å². The molecular formula is C11H18ClNOS. The molecule has 1 N–H and O–H groups in total. The molecule has 0 aliphatic rings. The molecule has 0 amide bonds. The van der Waals surface area contributed by atoms with Crippen LogP contribution >= 0.6 is 22.9 Å². The van der Waals surface area contributed by atoms with Gasteiger partial charge in [-0.05, 0) is 32.5 Å². The summed E-state index contributed by atoms with van der Waals surface area (Å²) >= 11 is 7.45. The number of rotatable bonds is 5. The van der Waals surface area contributed by atoms with Crippen molar-refractivity contribution >= 4 is 22.9 Å². The number of hydrogen-bond donors (Lipinski definition) is 1. The Morgan fingerprint density at radius 3 is 2.67 bits per heavy atom. The van der Waals surface area contributed by atoms with Crippen LogP contribution in [0.1, 0.15) is 25.1 Å². The van der Waals surface area contributed by atoms with Crippen molar-refractivity contribution in [1.29, 1.82) is 0 Å². The zero-order valence-corrected chi connectivity index (χ0v) is 11.0. The third kappa shape index (κ3) is 4.51. The van der Waals surface area contributed by atoms with E-state index in [-0.39, 0.29) is 0 Å². The van der Waals surface area contributed by atoms with Gasteiger partial charge in [0.1, 0.15) is 0 Å². The predicted octanol–water partition coefficient (Wildman–Crippen LogP) is 2.99. The van der Waals surface area contributed by atoms with Crippen molar-refractivity contribution in [2.45, 2.75) is 32.4 Å². The first kappa shape index (κ1) is 13.0. The van der Waals surface area contributed by atoms with E-state index < -0.39 is 5.60 Å². The molecule has 0 saturated heterocycles. The van der Waals surface area contributed by atoms with Gasteiger partial charge in [-0.3, -0.25) is 4.90 Å². The van der Waals surface area contributed by atoms with Crippen LogP contribution in [0.25, 0.3) is 0 Å². The van der Waals surface area contributed by atoms with Gasteiger partial charge < -0.3 is 5.11 Å². The highest BCUT2D eigenvalue weighted by Gasteiger charge is 2.19. The minimum absolute atomic E-state index is 0.601. The second-order valence-electron chi connectivity index (χ2n) is 4.23. The molecule has 1 unspecified atom stereocenters. The van der Waals surface area contributed by atoms with E-state index in [0.717, 1.165) is 17.3 Å². The van der Waals surface area contributed by atoms with Crippen LogP contribution in [0.3, 0.4) is 0 Å². The smallest absolute Gasteiger partial charge is 0.0931 e. The van der Waals surface area contributed by atoms with E-state index in [2.05, 4.69) is 4.90 Å². The van der Waals surface area contributed by atoms with Crippen molar-refractivity contribution in [3.05, 3.63) is 21.3 Å². The van der Waals surface area contributed by atoms with E-state index in [1.807, 2.05) is 33.0 Å². The van der Waals surface area contributed by atoms with Crippen LogP contribution in [0.15, 0.2) is 12.1 Å². The molecule has 1 atom stereocenters. The summed E-state index contributed by atoms with van der Waals surface area (Å²) in [6.45, 7) is 5.38. The maximum absolute atomic E-state index is 9.91. The molecule has 4 heteroatoms. The second-order valence-corrected chi connectivity index (χ2v) is 6.03. The predicted molar refractivity (Wildman–Crippen MR) is 66.6 cm³/mol. The van der Waals surface area contributed by atoms with E-state index in [1.54, 1.807) is 11.3 Å². The molecule has 0 aliphatic carbocycles.